The minimum absolute atomic E-state index is 0.249. The summed E-state index contributed by atoms with van der Waals surface area (Å²) in [7, 11) is 0. The molecule has 1 heterocycles. The van der Waals surface area contributed by atoms with Gasteiger partial charge in [-0.25, -0.2) is 0 Å². The van der Waals surface area contributed by atoms with E-state index in [1.54, 1.807) is 6.20 Å². The van der Waals surface area contributed by atoms with Gasteiger partial charge in [-0.3, -0.25) is 4.79 Å². The average Bonchev–Trinajstić information content (AvgIpc) is 2.17. The largest absolute Gasteiger partial charge is 0.380 e. The predicted molar refractivity (Wildman–Crippen MR) is 47.4 cm³/mol. The quantitative estimate of drug-likeness (QED) is 0.580. The molecule has 0 aromatic heterocycles. The molecule has 2 rings (SSSR count). The zero-order valence-corrected chi connectivity index (χ0v) is 6.53. The van der Waals surface area contributed by atoms with Crippen LogP contribution >= 0.6 is 0 Å². The van der Waals surface area contributed by atoms with E-state index < -0.39 is 0 Å². The molecule has 0 spiro atoms. The van der Waals surface area contributed by atoms with Crippen LogP contribution in [0.1, 0.15) is 0 Å². The van der Waals surface area contributed by atoms with Gasteiger partial charge in [0.15, 0.2) is 6.29 Å². The minimum atomic E-state index is 0.249. The van der Waals surface area contributed by atoms with Crippen LogP contribution in [0.3, 0.4) is 0 Å². The van der Waals surface area contributed by atoms with Gasteiger partial charge in [0.1, 0.15) is 0 Å². The van der Waals surface area contributed by atoms with Crippen molar-refractivity contribution in [1.82, 2.24) is 5.32 Å². The lowest BCUT2D eigenvalue weighted by Crippen LogP contribution is -2.28. The lowest BCUT2D eigenvalue weighted by molar-refractivity contribution is -0.104. The van der Waals surface area contributed by atoms with Crippen LogP contribution in [0.25, 0.3) is 0 Å². The number of dihydropyridines is 1. The van der Waals surface area contributed by atoms with Crippen LogP contribution in [0.2, 0.25) is 0 Å². The van der Waals surface area contributed by atoms with E-state index in [2.05, 4.69) is 11.4 Å². The standard InChI is InChI=1S/C10H9NO/c12-7-8-5-9-3-1-2-4-10(9)11-6-8/h1-7,10-11H. The Labute approximate surface area is 71.0 Å². The molecule has 0 saturated carbocycles. The van der Waals surface area contributed by atoms with Gasteiger partial charge in [-0.2, -0.15) is 0 Å². The second-order valence-electron chi connectivity index (χ2n) is 2.79. The SMILES string of the molecule is O=CC1=CNC2C=CC=CC2=C1. The zero-order valence-electron chi connectivity index (χ0n) is 6.53. The van der Waals surface area contributed by atoms with Crippen LogP contribution in [0.5, 0.6) is 0 Å². The number of fused-ring (bicyclic) bond motifs is 1. The number of allylic oxidation sites excluding steroid dienone is 4. The molecule has 0 amide bonds. The molecule has 60 valence electrons. The van der Waals surface area contributed by atoms with Gasteiger partial charge in [-0.1, -0.05) is 24.3 Å². The van der Waals surface area contributed by atoms with E-state index in [0.717, 1.165) is 11.9 Å². The molecule has 1 N–H and O–H groups in total. The van der Waals surface area contributed by atoms with Gasteiger partial charge >= 0.3 is 0 Å². The molecule has 0 saturated heterocycles. The molecule has 1 aliphatic heterocycles. The molecule has 0 bridgehead atoms. The molecule has 2 aliphatic rings. The monoisotopic (exact) mass is 159 g/mol. The van der Waals surface area contributed by atoms with Gasteiger partial charge in [0.2, 0.25) is 0 Å². The Morgan fingerprint density at radius 1 is 1.42 bits per heavy atom. The molecule has 1 atom stereocenters. The summed E-state index contributed by atoms with van der Waals surface area (Å²) in [5.74, 6) is 0. The molecule has 12 heavy (non-hydrogen) atoms. The Morgan fingerprint density at radius 3 is 3.17 bits per heavy atom. The average molecular weight is 159 g/mol. The predicted octanol–water partition coefficient (Wildman–Crippen LogP) is 1.09. The molecular formula is C10H9NO. The molecule has 0 aromatic carbocycles. The lowest BCUT2D eigenvalue weighted by atomic mass is 9.97. The van der Waals surface area contributed by atoms with E-state index in [1.807, 2.05) is 24.3 Å². The molecule has 1 aliphatic carbocycles. The molecule has 0 radical (unpaired) electrons. The highest BCUT2D eigenvalue weighted by Crippen LogP contribution is 2.16. The summed E-state index contributed by atoms with van der Waals surface area (Å²) in [6.45, 7) is 0. The summed E-state index contributed by atoms with van der Waals surface area (Å²) >= 11 is 0. The summed E-state index contributed by atoms with van der Waals surface area (Å²) in [6.07, 6.45) is 12.5. The number of aldehydes is 1. The first-order valence-corrected chi connectivity index (χ1v) is 3.88. The van der Waals surface area contributed by atoms with Crippen LogP contribution < -0.4 is 5.32 Å². The van der Waals surface area contributed by atoms with E-state index in [1.165, 1.54) is 0 Å². The van der Waals surface area contributed by atoms with Crippen LogP contribution in [0.4, 0.5) is 0 Å². The molecule has 0 fully saturated rings. The summed E-state index contributed by atoms with van der Waals surface area (Å²) in [4.78, 5) is 10.4. The number of hydrogen-bond donors (Lipinski definition) is 1. The highest BCUT2D eigenvalue weighted by molar-refractivity contribution is 5.78. The number of nitrogens with one attached hydrogen (secondary N) is 1. The lowest BCUT2D eigenvalue weighted by Gasteiger charge is -2.21. The fourth-order valence-electron chi connectivity index (χ4n) is 1.33. The molecule has 0 aromatic rings. The van der Waals surface area contributed by atoms with Gasteiger partial charge in [-0.15, -0.1) is 0 Å². The maximum absolute atomic E-state index is 10.4. The third-order valence-corrected chi connectivity index (χ3v) is 1.96. The normalized spacial score (nSPS) is 25.2. The Balaban J connectivity index is 2.31. The third-order valence-electron chi connectivity index (χ3n) is 1.96. The van der Waals surface area contributed by atoms with Crippen molar-refractivity contribution >= 4 is 6.29 Å². The van der Waals surface area contributed by atoms with Crippen molar-refractivity contribution in [2.45, 2.75) is 6.04 Å². The van der Waals surface area contributed by atoms with E-state index in [0.29, 0.717) is 5.57 Å². The number of carbonyl (C=O) groups excluding carboxylic acids is 1. The maximum atomic E-state index is 10.4. The number of carbonyl (C=O) groups is 1. The van der Waals surface area contributed by atoms with Crippen molar-refractivity contribution in [1.29, 1.82) is 0 Å². The second kappa shape index (κ2) is 2.81. The van der Waals surface area contributed by atoms with Crippen molar-refractivity contribution in [3.63, 3.8) is 0 Å². The first-order valence-electron chi connectivity index (χ1n) is 3.88. The fourth-order valence-corrected chi connectivity index (χ4v) is 1.33. The van der Waals surface area contributed by atoms with Gasteiger partial charge in [-0.05, 0) is 11.6 Å². The van der Waals surface area contributed by atoms with E-state index in [-0.39, 0.29) is 6.04 Å². The summed E-state index contributed by atoms with van der Waals surface area (Å²) in [6, 6.07) is 0.249. The van der Waals surface area contributed by atoms with Crippen molar-refractivity contribution in [3.05, 3.63) is 47.7 Å². The highest BCUT2D eigenvalue weighted by Gasteiger charge is 2.13. The van der Waals surface area contributed by atoms with E-state index in [4.69, 9.17) is 0 Å². The van der Waals surface area contributed by atoms with Crippen LogP contribution in [0, 0.1) is 0 Å². The highest BCUT2D eigenvalue weighted by atomic mass is 16.1. The first kappa shape index (κ1) is 7.10. The van der Waals surface area contributed by atoms with E-state index in [9.17, 15) is 4.79 Å². The molecule has 2 nitrogen and oxygen atoms in total. The second-order valence-corrected chi connectivity index (χ2v) is 2.79. The molecule has 1 unspecified atom stereocenters. The Bertz CT molecular complexity index is 321. The van der Waals surface area contributed by atoms with E-state index >= 15 is 0 Å². The van der Waals surface area contributed by atoms with Crippen molar-refractivity contribution < 1.29 is 4.79 Å². The van der Waals surface area contributed by atoms with Crippen LogP contribution in [0.15, 0.2) is 47.7 Å². The minimum Gasteiger partial charge on any atom is -0.380 e. The number of rotatable bonds is 1. The zero-order chi connectivity index (χ0) is 8.39. The summed E-state index contributed by atoms with van der Waals surface area (Å²) < 4.78 is 0. The van der Waals surface area contributed by atoms with Crippen LogP contribution in [-0.4, -0.2) is 12.3 Å². The van der Waals surface area contributed by atoms with Crippen molar-refractivity contribution in [3.8, 4) is 0 Å². The van der Waals surface area contributed by atoms with Crippen LogP contribution in [-0.2, 0) is 4.79 Å². The molecular weight excluding hydrogens is 150 g/mol. The van der Waals surface area contributed by atoms with Gasteiger partial charge in [0.25, 0.3) is 0 Å². The van der Waals surface area contributed by atoms with Gasteiger partial charge in [0.05, 0.1) is 6.04 Å². The van der Waals surface area contributed by atoms with Crippen molar-refractivity contribution in [2.24, 2.45) is 0 Å². The fraction of sp³-hybridized carbons (Fsp3) is 0.100. The Hall–Kier alpha value is -1.57. The first-order chi connectivity index (χ1) is 5.90. The summed E-state index contributed by atoms with van der Waals surface area (Å²) in [5, 5.41) is 3.12. The maximum Gasteiger partial charge on any atom is 0.151 e. The number of hydrogen-bond acceptors (Lipinski definition) is 2. The smallest absolute Gasteiger partial charge is 0.151 e. The third kappa shape index (κ3) is 1.11. The summed E-state index contributed by atoms with van der Waals surface area (Å²) in [5.41, 5.74) is 1.84. The Kier molecular flexibility index (Phi) is 1.67. The van der Waals surface area contributed by atoms with Crippen molar-refractivity contribution in [2.75, 3.05) is 0 Å². The van der Waals surface area contributed by atoms with Gasteiger partial charge in [0, 0.05) is 11.8 Å². The topological polar surface area (TPSA) is 29.1 Å². The van der Waals surface area contributed by atoms with Gasteiger partial charge < -0.3 is 5.32 Å². The Morgan fingerprint density at radius 2 is 2.33 bits per heavy atom. The molecule has 2 heteroatoms.